The second-order valence-electron chi connectivity index (χ2n) is 11.1. The first-order valence-corrected chi connectivity index (χ1v) is 14.3. The summed E-state index contributed by atoms with van der Waals surface area (Å²) in [4.78, 5) is 18.9. The third-order valence-electron chi connectivity index (χ3n) is 8.34. The molecule has 2 atom stereocenters. The van der Waals surface area contributed by atoms with Crippen molar-refractivity contribution >= 4 is 11.8 Å². The minimum atomic E-state index is -1.17. The lowest BCUT2D eigenvalue weighted by atomic mass is 9.85. The molecule has 1 aromatic carbocycles. The number of ether oxygens (including phenoxy) is 2. The Balaban J connectivity index is 1.12. The van der Waals surface area contributed by atoms with Crippen LogP contribution in [-0.2, 0) is 27.1 Å². The predicted octanol–water partition coefficient (Wildman–Crippen LogP) is 5.59. The van der Waals surface area contributed by atoms with Crippen molar-refractivity contribution in [2.75, 3.05) is 32.1 Å². The lowest BCUT2D eigenvalue weighted by molar-refractivity contribution is -0.146. The Hall–Kier alpha value is -2.62. The summed E-state index contributed by atoms with van der Waals surface area (Å²) in [6.07, 6.45) is 8.25. The Morgan fingerprint density at radius 3 is 2.85 bits per heavy atom. The van der Waals surface area contributed by atoms with E-state index in [0.717, 1.165) is 75.1 Å². The van der Waals surface area contributed by atoms with Gasteiger partial charge in [-0.15, -0.1) is 0 Å². The van der Waals surface area contributed by atoms with Gasteiger partial charge in [0.2, 0.25) is 0 Å². The van der Waals surface area contributed by atoms with Gasteiger partial charge in [-0.25, -0.2) is 13.8 Å². The first-order valence-electron chi connectivity index (χ1n) is 14.3. The fourth-order valence-corrected chi connectivity index (χ4v) is 6.05. The van der Waals surface area contributed by atoms with Gasteiger partial charge in [0.1, 0.15) is 23.5 Å². The number of likely N-dealkylation sites (N-methyl/N-ethyl adjacent to an activating group) is 1. The Morgan fingerprint density at radius 1 is 1.23 bits per heavy atom. The van der Waals surface area contributed by atoms with E-state index in [2.05, 4.69) is 17.4 Å². The molecule has 0 unspecified atom stereocenters. The average Bonchev–Trinajstić information content (AvgIpc) is 2.89. The van der Waals surface area contributed by atoms with Gasteiger partial charge in [-0.1, -0.05) is 6.07 Å². The van der Waals surface area contributed by atoms with Crippen molar-refractivity contribution in [1.29, 1.82) is 0 Å². The molecule has 2 N–H and O–H groups in total. The zero-order valence-electron chi connectivity index (χ0n) is 22.6. The van der Waals surface area contributed by atoms with Crippen molar-refractivity contribution in [3.63, 3.8) is 0 Å². The molecule has 0 spiro atoms. The van der Waals surface area contributed by atoms with Crippen LogP contribution < -0.4 is 5.32 Å². The maximum absolute atomic E-state index is 15.0. The number of aliphatic carboxylic acids is 1. The number of carboxylic acid groups (broad SMARTS) is 1. The summed E-state index contributed by atoms with van der Waals surface area (Å²) >= 11 is 0. The van der Waals surface area contributed by atoms with Gasteiger partial charge < -0.3 is 19.9 Å². The van der Waals surface area contributed by atoms with Gasteiger partial charge in [-0.05, 0) is 94.5 Å². The summed E-state index contributed by atoms with van der Waals surface area (Å²) in [5.41, 5.74) is 2.71. The molecule has 2 aromatic rings. The molecule has 0 bridgehead atoms. The summed E-state index contributed by atoms with van der Waals surface area (Å²) < 4.78 is 41.1. The van der Waals surface area contributed by atoms with Crippen LogP contribution in [0.15, 0.2) is 24.3 Å². The number of aryl methyl sites for hydroxylation is 2. The summed E-state index contributed by atoms with van der Waals surface area (Å²) in [6.45, 7) is 2.11. The van der Waals surface area contributed by atoms with E-state index in [9.17, 15) is 18.7 Å². The summed E-state index contributed by atoms with van der Waals surface area (Å²) in [5.74, 6) is -1.62. The van der Waals surface area contributed by atoms with E-state index >= 15 is 0 Å². The second kappa shape index (κ2) is 12.7. The Labute approximate surface area is 228 Å². The van der Waals surface area contributed by atoms with Gasteiger partial charge in [0.15, 0.2) is 0 Å². The second-order valence-corrected chi connectivity index (χ2v) is 11.1. The van der Waals surface area contributed by atoms with Crippen LogP contribution in [0.25, 0.3) is 0 Å². The highest BCUT2D eigenvalue weighted by Gasteiger charge is 2.40. The first-order chi connectivity index (χ1) is 18.9. The monoisotopic (exact) mass is 543 g/mol. The SMILES string of the molecule is CN(C1CC(OCCCCc2ccc3c(n2)NCCC3)C1)[C@H](C(=O)O)c1cc(F)cc(F)c1[C@@H]1CCCCO1. The number of nitrogens with one attached hydrogen (secondary N) is 1. The molecule has 9 heteroatoms. The number of rotatable bonds is 11. The van der Waals surface area contributed by atoms with Crippen molar-refractivity contribution < 1.29 is 28.2 Å². The molecule has 5 rings (SSSR count). The molecule has 0 radical (unpaired) electrons. The number of benzene rings is 1. The number of pyridine rings is 1. The van der Waals surface area contributed by atoms with Crippen LogP contribution >= 0.6 is 0 Å². The van der Waals surface area contributed by atoms with Gasteiger partial charge in [0.25, 0.3) is 0 Å². The van der Waals surface area contributed by atoms with E-state index in [0.29, 0.717) is 32.5 Å². The molecule has 3 aliphatic rings. The van der Waals surface area contributed by atoms with E-state index in [1.54, 1.807) is 11.9 Å². The molecule has 2 aliphatic heterocycles. The van der Waals surface area contributed by atoms with Crippen molar-refractivity contribution in [2.24, 2.45) is 0 Å². The largest absolute Gasteiger partial charge is 0.480 e. The van der Waals surface area contributed by atoms with E-state index < -0.39 is 29.7 Å². The van der Waals surface area contributed by atoms with E-state index in [4.69, 9.17) is 14.5 Å². The number of nitrogens with zero attached hydrogens (tertiary/aromatic N) is 2. The number of hydrogen-bond donors (Lipinski definition) is 2. The number of anilines is 1. The zero-order valence-corrected chi connectivity index (χ0v) is 22.6. The number of carboxylic acids is 1. The minimum absolute atomic E-state index is 0.0465. The average molecular weight is 544 g/mol. The molecule has 1 aromatic heterocycles. The van der Waals surface area contributed by atoms with Crippen LogP contribution in [0.3, 0.4) is 0 Å². The molecule has 7 nitrogen and oxygen atoms in total. The first kappa shape index (κ1) is 27.9. The van der Waals surface area contributed by atoms with Crippen molar-refractivity contribution in [1.82, 2.24) is 9.88 Å². The molecule has 39 heavy (non-hydrogen) atoms. The molecular weight excluding hydrogens is 504 g/mol. The van der Waals surface area contributed by atoms with Gasteiger partial charge in [0, 0.05) is 43.1 Å². The van der Waals surface area contributed by atoms with Crippen LogP contribution in [0, 0.1) is 11.6 Å². The quantitative estimate of drug-likeness (QED) is 0.358. The normalized spacial score (nSPS) is 23.5. The van der Waals surface area contributed by atoms with E-state index in [1.165, 1.54) is 5.56 Å². The van der Waals surface area contributed by atoms with Crippen LogP contribution in [0.4, 0.5) is 14.6 Å². The molecule has 2 fully saturated rings. The molecule has 1 aliphatic carbocycles. The fraction of sp³-hybridized carbons (Fsp3) is 0.600. The van der Waals surface area contributed by atoms with Gasteiger partial charge in [0.05, 0.1) is 12.2 Å². The van der Waals surface area contributed by atoms with Crippen LogP contribution in [0.2, 0.25) is 0 Å². The van der Waals surface area contributed by atoms with Crippen molar-refractivity contribution in [2.45, 2.75) is 88.5 Å². The number of carbonyl (C=O) groups is 1. The number of hydrogen-bond acceptors (Lipinski definition) is 6. The van der Waals surface area contributed by atoms with Crippen LogP contribution in [0.5, 0.6) is 0 Å². The van der Waals surface area contributed by atoms with Gasteiger partial charge in [-0.2, -0.15) is 0 Å². The Kier molecular flexibility index (Phi) is 9.10. The standard InChI is InChI=1S/C30H39F2N3O4/c1-35(28(30(36)37)24-15-20(31)16-25(32)27(24)26-9-3-5-14-39-26)22-17-23(18-22)38-13-4-2-8-21-11-10-19-7-6-12-33-29(19)34-21/h10-11,15-16,22-23,26,28H,2-9,12-14,17-18H2,1H3,(H,33,34)(H,36,37)/t22?,23?,26-,28-/m0/s1. The number of halogens is 2. The van der Waals surface area contributed by atoms with Gasteiger partial charge >= 0.3 is 5.97 Å². The third-order valence-corrected chi connectivity index (χ3v) is 8.34. The highest BCUT2D eigenvalue weighted by atomic mass is 19.1. The van der Waals surface area contributed by atoms with E-state index in [-0.39, 0.29) is 23.3 Å². The Morgan fingerprint density at radius 2 is 2.08 bits per heavy atom. The maximum Gasteiger partial charge on any atom is 0.325 e. The van der Waals surface area contributed by atoms with Gasteiger partial charge in [-0.3, -0.25) is 9.69 Å². The zero-order chi connectivity index (χ0) is 27.4. The number of fused-ring (bicyclic) bond motifs is 1. The van der Waals surface area contributed by atoms with Crippen molar-refractivity contribution in [3.05, 3.63) is 58.3 Å². The van der Waals surface area contributed by atoms with Crippen LogP contribution in [0.1, 0.15) is 85.9 Å². The summed E-state index contributed by atoms with van der Waals surface area (Å²) in [5, 5.41) is 13.5. The predicted molar refractivity (Wildman–Crippen MR) is 144 cm³/mol. The molecule has 212 valence electrons. The van der Waals surface area contributed by atoms with E-state index in [1.807, 2.05) is 0 Å². The highest BCUT2D eigenvalue weighted by molar-refractivity contribution is 5.76. The lowest BCUT2D eigenvalue weighted by Crippen LogP contribution is -2.49. The third kappa shape index (κ3) is 6.58. The maximum atomic E-state index is 15.0. The minimum Gasteiger partial charge on any atom is -0.480 e. The highest BCUT2D eigenvalue weighted by Crippen LogP contribution is 2.39. The summed E-state index contributed by atoms with van der Waals surface area (Å²) in [7, 11) is 1.72. The molecule has 0 amide bonds. The fourth-order valence-electron chi connectivity index (χ4n) is 6.05. The molecule has 1 saturated heterocycles. The molecule has 3 heterocycles. The number of unbranched alkanes of at least 4 members (excludes halogenated alkanes) is 1. The molecular formula is C30H39F2N3O4. The lowest BCUT2D eigenvalue weighted by Gasteiger charge is -2.43. The van der Waals surface area contributed by atoms with Crippen molar-refractivity contribution in [3.8, 4) is 0 Å². The molecule has 1 saturated carbocycles. The smallest absolute Gasteiger partial charge is 0.325 e. The topological polar surface area (TPSA) is 83.9 Å². The van der Waals surface area contributed by atoms with Crippen LogP contribution in [-0.4, -0.2) is 59.9 Å². The summed E-state index contributed by atoms with van der Waals surface area (Å²) in [6, 6.07) is 5.07. The number of aromatic nitrogens is 1. The Bertz CT molecular complexity index is 1150.